The predicted octanol–water partition coefficient (Wildman–Crippen LogP) is 2.57. The Hall–Kier alpha value is -0.590. The Bertz CT molecular complexity index is 279. The summed E-state index contributed by atoms with van der Waals surface area (Å²) in [6, 6.07) is 0. The Kier molecular flexibility index (Phi) is 1.47. The minimum atomic E-state index is 0.295. The average Bonchev–Trinajstić information content (AvgIpc) is 2.15. The molecule has 0 saturated heterocycles. The lowest BCUT2D eigenvalue weighted by atomic mass is 9.48. The van der Waals surface area contributed by atoms with E-state index in [1.807, 2.05) is 0 Å². The number of Topliss-reactive ketones (excluding diaryl/α,β-unsaturated/α-hetero) is 1. The van der Waals surface area contributed by atoms with Gasteiger partial charge in [0.05, 0.1) is 0 Å². The van der Waals surface area contributed by atoms with E-state index in [1.54, 1.807) is 0 Å². The van der Waals surface area contributed by atoms with Crippen molar-refractivity contribution in [2.24, 2.45) is 23.7 Å². The molecular weight excluding hydrogens is 160 g/mol. The molecule has 0 bridgehead atoms. The third-order valence-corrected chi connectivity index (χ3v) is 4.47. The minimum Gasteiger partial charge on any atom is -0.299 e. The molecule has 3 fully saturated rings. The molecule has 0 aliphatic heterocycles. The fourth-order valence-corrected chi connectivity index (χ4v) is 3.85. The Labute approximate surface area is 79.2 Å². The first-order chi connectivity index (χ1) is 6.29. The smallest absolute Gasteiger partial charge is 0.140 e. The Balaban J connectivity index is 1.92. The first-order valence-corrected chi connectivity index (χ1v) is 5.50. The highest BCUT2D eigenvalue weighted by Gasteiger charge is 2.54. The molecule has 70 valence electrons. The second-order valence-corrected chi connectivity index (χ2v) is 4.93. The summed E-state index contributed by atoms with van der Waals surface area (Å²) in [5.41, 5.74) is 1.28. The summed E-state index contributed by atoms with van der Waals surface area (Å²) in [6.07, 6.45) is 6.05. The lowest BCUT2D eigenvalue weighted by Gasteiger charge is -2.55. The van der Waals surface area contributed by atoms with Gasteiger partial charge in [0.25, 0.3) is 0 Å². The van der Waals surface area contributed by atoms with Crippen LogP contribution in [0.3, 0.4) is 0 Å². The fourth-order valence-electron chi connectivity index (χ4n) is 3.85. The van der Waals surface area contributed by atoms with Gasteiger partial charge in [0, 0.05) is 12.3 Å². The SMILES string of the molecule is C=C1[C@@H]2C(=O)CC[C@H]3CCC[C@H]1[C@@H]32. The summed E-state index contributed by atoms with van der Waals surface area (Å²) >= 11 is 0. The average molecular weight is 176 g/mol. The lowest BCUT2D eigenvalue weighted by Crippen LogP contribution is -2.52. The first kappa shape index (κ1) is 7.78. The summed E-state index contributed by atoms with van der Waals surface area (Å²) in [4.78, 5) is 11.6. The molecule has 0 radical (unpaired) electrons. The van der Waals surface area contributed by atoms with Crippen LogP contribution in [-0.4, -0.2) is 5.78 Å². The van der Waals surface area contributed by atoms with Gasteiger partial charge in [-0.25, -0.2) is 0 Å². The van der Waals surface area contributed by atoms with Gasteiger partial charge in [0.2, 0.25) is 0 Å². The van der Waals surface area contributed by atoms with Crippen LogP contribution in [-0.2, 0) is 4.79 Å². The summed E-state index contributed by atoms with van der Waals surface area (Å²) < 4.78 is 0. The van der Waals surface area contributed by atoms with Gasteiger partial charge < -0.3 is 0 Å². The van der Waals surface area contributed by atoms with E-state index in [1.165, 1.54) is 31.3 Å². The van der Waals surface area contributed by atoms with Crippen LogP contribution in [0.15, 0.2) is 12.2 Å². The van der Waals surface area contributed by atoms with Crippen LogP contribution in [0.1, 0.15) is 32.1 Å². The summed E-state index contributed by atoms with van der Waals surface area (Å²) in [6.45, 7) is 4.09. The topological polar surface area (TPSA) is 17.1 Å². The number of hydrogen-bond acceptors (Lipinski definition) is 1. The third-order valence-electron chi connectivity index (χ3n) is 4.47. The van der Waals surface area contributed by atoms with E-state index in [0.717, 1.165) is 24.2 Å². The second kappa shape index (κ2) is 2.46. The molecule has 0 amide bonds. The molecule has 13 heavy (non-hydrogen) atoms. The first-order valence-electron chi connectivity index (χ1n) is 5.50. The number of carbonyl (C=O) groups excluding carboxylic acids is 1. The molecule has 0 aromatic carbocycles. The number of allylic oxidation sites excluding steroid dienone is 1. The van der Waals surface area contributed by atoms with Gasteiger partial charge >= 0.3 is 0 Å². The molecule has 1 heteroatoms. The molecular formula is C12H16O. The van der Waals surface area contributed by atoms with Gasteiger partial charge in [0.1, 0.15) is 5.78 Å². The van der Waals surface area contributed by atoms with Crippen molar-refractivity contribution in [1.82, 2.24) is 0 Å². The van der Waals surface area contributed by atoms with Crippen LogP contribution in [0.25, 0.3) is 0 Å². The van der Waals surface area contributed by atoms with E-state index in [0.29, 0.717) is 11.7 Å². The maximum atomic E-state index is 11.6. The minimum absolute atomic E-state index is 0.295. The summed E-state index contributed by atoms with van der Waals surface area (Å²) in [7, 11) is 0. The van der Waals surface area contributed by atoms with Crippen molar-refractivity contribution in [2.75, 3.05) is 0 Å². The lowest BCUT2D eigenvalue weighted by molar-refractivity contribution is -0.134. The van der Waals surface area contributed by atoms with Gasteiger partial charge in [-0.05, 0) is 30.6 Å². The number of ketones is 1. The van der Waals surface area contributed by atoms with E-state index >= 15 is 0 Å². The van der Waals surface area contributed by atoms with Crippen molar-refractivity contribution in [1.29, 1.82) is 0 Å². The van der Waals surface area contributed by atoms with Crippen LogP contribution in [0, 0.1) is 23.7 Å². The highest BCUT2D eigenvalue weighted by atomic mass is 16.1. The molecule has 1 nitrogen and oxygen atoms in total. The summed E-state index contributed by atoms with van der Waals surface area (Å²) in [5.74, 6) is 3.11. The zero-order valence-electron chi connectivity index (χ0n) is 7.96. The summed E-state index contributed by atoms with van der Waals surface area (Å²) in [5, 5.41) is 0. The molecule has 3 saturated carbocycles. The van der Waals surface area contributed by atoms with Crippen LogP contribution < -0.4 is 0 Å². The highest BCUT2D eigenvalue weighted by Crippen LogP contribution is 2.58. The van der Waals surface area contributed by atoms with Crippen LogP contribution >= 0.6 is 0 Å². The van der Waals surface area contributed by atoms with Crippen LogP contribution in [0.2, 0.25) is 0 Å². The standard InChI is InChI=1S/C12H16O/c1-7-9-4-2-3-8-5-6-10(13)11(7)12(8)9/h8-9,11-12H,1-6H2/t8-,9-,11-,12-/m1/s1. The van der Waals surface area contributed by atoms with E-state index < -0.39 is 0 Å². The van der Waals surface area contributed by atoms with Gasteiger partial charge in [-0.15, -0.1) is 0 Å². The van der Waals surface area contributed by atoms with Crippen molar-refractivity contribution in [3.63, 3.8) is 0 Å². The van der Waals surface area contributed by atoms with Gasteiger partial charge in [-0.2, -0.15) is 0 Å². The number of carbonyl (C=O) groups is 1. The van der Waals surface area contributed by atoms with E-state index in [4.69, 9.17) is 0 Å². The maximum absolute atomic E-state index is 11.6. The van der Waals surface area contributed by atoms with Crippen molar-refractivity contribution < 1.29 is 4.79 Å². The van der Waals surface area contributed by atoms with Crippen molar-refractivity contribution in [2.45, 2.75) is 32.1 Å². The highest BCUT2D eigenvalue weighted by molar-refractivity contribution is 5.86. The van der Waals surface area contributed by atoms with E-state index in [9.17, 15) is 4.79 Å². The zero-order valence-corrected chi connectivity index (χ0v) is 7.96. The molecule has 0 N–H and O–H groups in total. The van der Waals surface area contributed by atoms with E-state index in [-0.39, 0.29) is 0 Å². The third kappa shape index (κ3) is 0.853. The fraction of sp³-hybridized carbons (Fsp3) is 0.750. The number of hydrogen-bond donors (Lipinski definition) is 0. The van der Waals surface area contributed by atoms with Crippen molar-refractivity contribution >= 4 is 5.78 Å². The van der Waals surface area contributed by atoms with Crippen molar-refractivity contribution in [3.8, 4) is 0 Å². The predicted molar refractivity (Wildman–Crippen MR) is 51.2 cm³/mol. The van der Waals surface area contributed by atoms with Crippen LogP contribution in [0.4, 0.5) is 0 Å². The quantitative estimate of drug-likeness (QED) is 0.518. The second-order valence-electron chi connectivity index (χ2n) is 4.93. The molecule has 0 aromatic heterocycles. The normalized spacial score (nSPS) is 48.3. The molecule has 4 atom stereocenters. The maximum Gasteiger partial charge on any atom is 0.140 e. The number of rotatable bonds is 0. The monoisotopic (exact) mass is 176 g/mol. The molecule has 0 unspecified atom stereocenters. The van der Waals surface area contributed by atoms with Crippen molar-refractivity contribution in [3.05, 3.63) is 12.2 Å². The molecule has 3 aliphatic rings. The Morgan fingerprint density at radius 2 is 2.08 bits per heavy atom. The largest absolute Gasteiger partial charge is 0.299 e. The Morgan fingerprint density at radius 1 is 1.23 bits per heavy atom. The molecule has 0 aromatic rings. The molecule has 3 rings (SSSR count). The molecule has 3 aliphatic carbocycles. The van der Waals surface area contributed by atoms with Crippen LogP contribution in [0.5, 0.6) is 0 Å². The van der Waals surface area contributed by atoms with Gasteiger partial charge in [-0.1, -0.05) is 25.0 Å². The molecule has 0 spiro atoms. The van der Waals surface area contributed by atoms with Gasteiger partial charge in [-0.3, -0.25) is 4.79 Å². The molecule has 0 heterocycles. The zero-order chi connectivity index (χ0) is 9.00. The Morgan fingerprint density at radius 3 is 2.92 bits per heavy atom. The van der Waals surface area contributed by atoms with E-state index in [2.05, 4.69) is 6.58 Å². The van der Waals surface area contributed by atoms with Gasteiger partial charge in [0.15, 0.2) is 0 Å².